The highest BCUT2D eigenvalue weighted by atomic mass is 16.7. The molecule has 13 heteroatoms. The minimum atomic E-state index is -1.40. The number of carboxylic acids is 1. The van der Waals surface area contributed by atoms with Crippen LogP contribution in [0.5, 0.6) is 0 Å². The van der Waals surface area contributed by atoms with Gasteiger partial charge >= 0.3 is 12.1 Å². The van der Waals surface area contributed by atoms with Gasteiger partial charge in [0, 0.05) is 25.9 Å². The van der Waals surface area contributed by atoms with E-state index < -0.39 is 34.5 Å². The van der Waals surface area contributed by atoms with Gasteiger partial charge in [0.05, 0.1) is 40.6 Å². The van der Waals surface area contributed by atoms with Gasteiger partial charge in [0.1, 0.15) is 11.1 Å². The Morgan fingerprint density at radius 1 is 0.787 bits per heavy atom. The zero-order chi connectivity index (χ0) is 34.8. The number of ether oxygens (including phenoxy) is 3. The molecule has 0 aromatic heterocycles. The highest BCUT2D eigenvalue weighted by molar-refractivity contribution is 6.05. The number of nitrogens with one attached hydrogen (secondary N) is 1. The summed E-state index contributed by atoms with van der Waals surface area (Å²) in [4.78, 5) is 58.2. The molecule has 2 aromatic rings. The Hall–Kier alpha value is -4.04. The molecule has 47 heavy (non-hydrogen) atoms. The third kappa shape index (κ3) is 9.97. The smallest absolute Gasteiger partial charge is 0.408 e. The number of nitrogens with zero attached hydrogens (tertiary/aromatic N) is 2. The summed E-state index contributed by atoms with van der Waals surface area (Å²) in [7, 11) is 5.66. The molecule has 2 fully saturated rings. The average molecular weight is 658 g/mol. The second kappa shape index (κ2) is 16.2. The lowest BCUT2D eigenvalue weighted by molar-refractivity contribution is -0.181. The molecule has 0 heterocycles. The highest BCUT2D eigenvalue weighted by Gasteiger charge is 2.67. The van der Waals surface area contributed by atoms with E-state index in [0.29, 0.717) is 26.2 Å². The maximum Gasteiger partial charge on any atom is 0.408 e. The Labute approximate surface area is 275 Å². The zero-order valence-electron chi connectivity index (χ0n) is 28.2. The lowest BCUT2D eigenvalue weighted by Crippen LogP contribution is -2.52. The maximum absolute atomic E-state index is 12.7. The number of benzene rings is 2. The second-order valence-electron chi connectivity index (χ2n) is 12.6. The molecule has 0 saturated heterocycles. The van der Waals surface area contributed by atoms with Crippen LogP contribution in [-0.4, -0.2) is 91.8 Å². The zero-order valence-corrected chi connectivity index (χ0v) is 28.2. The molecule has 0 radical (unpaired) electrons. The van der Waals surface area contributed by atoms with Gasteiger partial charge < -0.3 is 24.6 Å². The van der Waals surface area contributed by atoms with Crippen LogP contribution < -0.4 is 5.32 Å². The first-order chi connectivity index (χ1) is 22.2. The Morgan fingerprint density at radius 3 is 1.70 bits per heavy atom. The fourth-order valence-corrected chi connectivity index (χ4v) is 5.15. The predicted octanol–water partition coefficient (Wildman–Crippen LogP) is 3.82. The lowest BCUT2D eigenvalue weighted by atomic mass is 10.0. The molecule has 258 valence electrons. The van der Waals surface area contributed by atoms with Crippen LogP contribution in [0.2, 0.25) is 0 Å². The summed E-state index contributed by atoms with van der Waals surface area (Å²) in [6.07, 6.45) is 0.137. The van der Waals surface area contributed by atoms with Crippen molar-refractivity contribution in [2.45, 2.75) is 58.0 Å². The van der Waals surface area contributed by atoms with E-state index in [9.17, 15) is 24.3 Å². The lowest BCUT2D eigenvalue weighted by Gasteiger charge is -2.26. The molecular formula is C34H47N3O10. The molecule has 2 N–H and O–H groups in total. The third-order valence-electron chi connectivity index (χ3n) is 8.06. The van der Waals surface area contributed by atoms with Crippen LogP contribution in [0.4, 0.5) is 4.79 Å². The summed E-state index contributed by atoms with van der Waals surface area (Å²) in [6, 6.07) is 19.4. The topological polar surface area (TPSA) is 153 Å². The standard InChI is InChI=1S/C19H28N2O5.C15H19NO5/c1-18(2,3)26-17(23)20-19(16(22)21(4)24-5)11-15(19)13-25-12-14-9-7-6-8-10-14;1-16(20-2)13(17)15(14(18)19)8-12(15)10-21-9-11-6-4-3-5-7-11/h6-10,15H,11-13H2,1-5H3,(H,20,23);3-7,12H,8-10H2,1-2H3,(H,18,19)/t15-,19-;12-,15-/m11/s1. The van der Waals surface area contributed by atoms with Gasteiger partial charge in [-0.15, -0.1) is 0 Å². The number of hydroxylamine groups is 4. The van der Waals surface area contributed by atoms with Crippen molar-refractivity contribution in [3.8, 4) is 0 Å². The first kappa shape index (κ1) is 37.4. The molecule has 2 aliphatic rings. The van der Waals surface area contributed by atoms with E-state index in [1.807, 2.05) is 60.7 Å². The van der Waals surface area contributed by atoms with Gasteiger partial charge in [-0.05, 0) is 44.7 Å². The van der Waals surface area contributed by atoms with E-state index in [1.54, 1.807) is 20.8 Å². The number of amides is 3. The predicted molar refractivity (Wildman–Crippen MR) is 170 cm³/mol. The number of aliphatic carboxylic acids is 1. The molecule has 13 nitrogen and oxygen atoms in total. The Morgan fingerprint density at radius 2 is 1.26 bits per heavy atom. The van der Waals surface area contributed by atoms with Gasteiger partial charge in [-0.1, -0.05) is 60.7 Å². The van der Waals surface area contributed by atoms with Crippen LogP contribution >= 0.6 is 0 Å². The van der Waals surface area contributed by atoms with Crippen LogP contribution in [0.3, 0.4) is 0 Å². The van der Waals surface area contributed by atoms with Crippen molar-refractivity contribution in [2.75, 3.05) is 41.5 Å². The van der Waals surface area contributed by atoms with Crippen molar-refractivity contribution < 1.29 is 48.2 Å². The number of carboxylic acid groups (broad SMARTS) is 1. The summed E-state index contributed by atoms with van der Waals surface area (Å²) in [5.74, 6) is -2.43. The van der Waals surface area contributed by atoms with Gasteiger partial charge in [-0.25, -0.2) is 14.9 Å². The Kier molecular flexibility index (Phi) is 12.9. The molecule has 0 bridgehead atoms. The molecule has 0 unspecified atom stereocenters. The molecule has 0 spiro atoms. The van der Waals surface area contributed by atoms with E-state index >= 15 is 0 Å². The SMILES string of the molecule is CON(C)C(=O)[C@@]1(C(=O)O)C[C@@H]1COCc1ccccc1.CON(C)C(=O)[C@@]1(NC(=O)OC(C)(C)C)C[C@@H]1COCc1ccccc1. The quantitative estimate of drug-likeness (QED) is 0.227. The second-order valence-corrected chi connectivity index (χ2v) is 12.6. The molecule has 0 aliphatic heterocycles. The number of carbonyl (C=O) groups excluding carboxylic acids is 3. The summed E-state index contributed by atoms with van der Waals surface area (Å²) in [6.45, 7) is 6.77. The normalized spacial score (nSPS) is 22.6. The number of hydrogen-bond donors (Lipinski definition) is 2. The number of hydrogen-bond acceptors (Lipinski definition) is 9. The number of likely N-dealkylation sites (N-methyl/N-ethyl adjacent to an activating group) is 1. The van der Waals surface area contributed by atoms with E-state index in [0.717, 1.165) is 21.3 Å². The van der Waals surface area contributed by atoms with Crippen molar-refractivity contribution in [3.63, 3.8) is 0 Å². The van der Waals surface area contributed by atoms with Crippen molar-refractivity contribution in [1.82, 2.24) is 15.4 Å². The minimum absolute atomic E-state index is 0.135. The first-order valence-corrected chi connectivity index (χ1v) is 15.3. The number of carbonyl (C=O) groups is 4. The number of alkyl carbamates (subject to hydrolysis) is 1. The molecular weight excluding hydrogens is 610 g/mol. The molecule has 2 aliphatic carbocycles. The van der Waals surface area contributed by atoms with Gasteiger partial charge in [-0.2, -0.15) is 0 Å². The van der Waals surface area contributed by atoms with E-state index in [1.165, 1.54) is 28.3 Å². The van der Waals surface area contributed by atoms with Crippen LogP contribution in [0.25, 0.3) is 0 Å². The average Bonchev–Trinajstić information content (AvgIpc) is 3.95. The van der Waals surface area contributed by atoms with Gasteiger partial charge in [0.25, 0.3) is 11.8 Å². The summed E-state index contributed by atoms with van der Waals surface area (Å²) in [5, 5.41) is 14.2. The van der Waals surface area contributed by atoms with Crippen LogP contribution in [-0.2, 0) is 51.5 Å². The summed E-state index contributed by atoms with van der Waals surface area (Å²) < 4.78 is 16.6. The number of rotatable bonds is 14. The van der Waals surface area contributed by atoms with Crippen LogP contribution in [0.1, 0.15) is 44.7 Å². The third-order valence-corrected chi connectivity index (χ3v) is 8.06. The molecule has 4 atom stereocenters. The van der Waals surface area contributed by atoms with E-state index in [2.05, 4.69) is 5.32 Å². The van der Waals surface area contributed by atoms with E-state index in [-0.39, 0.29) is 30.8 Å². The molecule has 3 amide bonds. The largest absolute Gasteiger partial charge is 0.480 e. The minimum Gasteiger partial charge on any atom is -0.480 e. The van der Waals surface area contributed by atoms with Crippen molar-refractivity contribution >= 4 is 23.9 Å². The van der Waals surface area contributed by atoms with E-state index in [4.69, 9.17) is 23.9 Å². The summed E-state index contributed by atoms with van der Waals surface area (Å²) in [5.41, 5.74) is -1.03. The van der Waals surface area contributed by atoms with Crippen molar-refractivity contribution in [3.05, 3.63) is 71.8 Å². The Bertz CT molecular complexity index is 1350. The van der Waals surface area contributed by atoms with Crippen molar-refractivity contribution in [2.24, 2.45) is 17.3 Å². The molecule has 2 saturated carbocycles. The monoisotopic (exact) mass is 657 g/mol. The maximum atomic E-state index is 12.7. The van der Waals surface area contributed by atoms with Gasteiger partial charge in [-0.3, -0.25) is 24.1 Å². The van der Waals surface area contributed by atoms with Gasteiger partial charge in [0.2, 0.25) is 0 Å². The van der Waals surface area contributed by atoms with Crippen molar-refractivity contribution in [1.29, 1.82) is 0 Å². The van der Waals surface area contributed by atoms with Gasteiger partial charge in [0.15, 0.2) is 5.41 Å². The van der Waals surface area contributed by atoms with Crippen LogP contribution in [0.15, 0.2) is 60.7 Å². The summed E-state index contributed by atoms with van der Waals surface area (Å²) >= 11 is 0. The highest BCUT2D eigenvalue weighted by Crippen LogP contribution is 2.54. The van der Waals surface area contributed by atoms with Crippen LogP contribution in [0, 0.1) is 17.3 Å². The fraction of sp³-hybridized carbons (Fsp3) is 0.529. The Balaban J connectivity index is 0.000000261. The molecule has 4 rings (SSSR count). The molecule has 2 aromatic carbocycles. The fourth-order valence-electron chi connectivity index (χ4n) is 5.15. The first-order valence-electron chi connectivity index (χ1n) is 15.3.